The molecular weight excluding hydrogens is 530 g/mol. The van der Waals surface area contributed by atoms with Crippen LogP contribution in [0.2, 0.25) is 0 Å². The van der Waals surface area contributed by atoms with Gasteiger partial charge in [-0.1, -0.05) is 45.8 Å². The van der Waals surface area contributed by atoms with Crippen LogP contribution in [0.5, 0.6) is 0 Å². The Kier molecular flexibility index (Phi) is 6.52. The molecule has 1 fully saturated rings. The summed E-state index contributed by atoms with van der Waals surface area (Å²) < 4.78 is 56.2. The molecule has 33 heavy (non-hydrogen) atoms. The molecule has 2 aromatic carbocycles. The van der Waals surface area contributed by atoms with Crippen molar-refractivity contribution in [1.82, 2.24) is 4.90 Å². The van der Waals surface area contributed by atoms with E-state index in [0.29, 0.717) is 6.42 Å². The summed E-state index contributed by atoms with van der Waals surface area (Å²) >= 11 is 3.27. The molecule has 0 spiro atoms. The Morgan fingerprint density at radius 1 is 1.06 bits per heavy atom. The fraction of sp³-hybridized carbons (Fsp3) is 0.261. The molecule has 1 atom stereocenters. The van der Waals surface area contributed by atoms with Crippen LogP contribution in [0.1, 0.15) is 28.1 Å². The molecule has 0 bridgehead atoms. The first-order valence-electron chi connectivity index (χ1n) is 10.2. The standard InChI is InChI=1S/C23H22BrNO6S2/c1-16-2-4-17(5-3-16)14-25(19-12-13-32(27,28)15-19)23(26)21-10-11-22(31-21)33(29,30)20-8-6-18(24)7-9-20/h2-11,19H,12-15H2,1H3/t19-/m1/s1. The molecule has 0 N–H and O–H groups in total. The SMILES string of the molecule is Cc1ccc(CN(C(=O)c2ccc(S(=O)(=O)c3ccc(Br)cc3)o2)[C@@H]2CCS(=O)(=O)C2)cc1. The van der Waals surface area contributed by atoms with E-state index in [1.807, 2.05) is 31.2 Å². The molecule has 7 nitrogen and oxygen atoms in total. The zero-order chi connectivity index (χ0) is 23.8. The molecule has 0 saturated carbocycles. The van der Waals surface area contributed by atoms with Crippen molar-refractivity contribution in [2.45, 2.75) is 35.9 Å². The minimum absolute atomic E-state index is 0.0106. The van der Waals surface area contributed by atoms with Crippen LogP contribution in [-0.2, 0) is 26.2 Å². The molecule has 1 amide bonds. The third kappa shape index (κ3) is 5.23. The van der Waals surface area contributed by atoms with Crippen LogP contribution in [0.3, 0.4) is 0 Å². The number of furan rings is 1. The molecule has 3 aromatic rings. The van der Waals surface area contributed by atoms with Crippen LogP contribution in [0.15, 0.2) is 79.5 Å². The second kappa shape index (κ2) is 9.08. The molecular formula is C23H22BrNO6S2. The zero-order valence-corrected chi connectivity index (χ0v) is 21.0. The van der Waals surface area contributed by atoms with Crippen molar-refractivity contribution in [2.75, 3.05) is 11.5 Å². The molecule has 1 saturated heterocycles. The number of sulfone groups is 2. The molecule has 0 radical (unpaired) electrons. The first kappa shape index (κ1) is 23.7. The van der Waals surface area contributed by atoms with Crippen molar-refractivity contribution in [2.24, 2.45) is 0 Å². The Hall–Kier alpha value is -2.43. The van der Waals surface area contributed by atoms with Gasteiger partial charge in [0, 0.05) is 17.1 Å². The summed E-state index contributed by atoms with van der Waals surface area (Å²) in [4.78, 5) is 14.9. The van der Waals surface area contributed by atoms with Crippen molar-refractivity contribution < 1.29 is 26.0 Å². The van der Waals surface area contributed by atoms with Crippen molar-refractivity contribution in [3.63, 3.8) is 0 Å². The number of nitrogens with zero attached hydrogens (tertiary/aromatic N) is 1. The minimum Gasteiger partial charge on any atom is -0.439 e. The number of aryl methyl sites for hydroxylation is 1. The lowest BCUT2D eigenvalue weighted by Crippen LogP contribution is -2.40. The summed E-state index contributed by atoms with van der Waals surface area (Å²) in [5, 5.41) is -0.345. The van der Waals surface area contributed by atoms with E-state index in [4.69, 9.17) is 4.42 Å². The van der Waals surface area contributed by atoms with Crippen molar-refractivity contribution >= 4 is 41.5 Å². The predicted octanol–water partition coefficient (Wildman–Crippen LogP) is 4.01. The lowest BCUT2D eigenvalue weighted by atomic mass is 10.1. The molecule has 1 aromatic heterocycles. The Morgan fingerprint density at radius 3 is 2.33 bits per heavy atom. The van der Waals surface area contributed by atoms with Crippen LogP contribution < -0.4 is 0 Å². The summed E-state index contributed by atoms with van der Waals surface area (Å²) in [5.74, 6) is -0.816. The predicted molar refractivity (Wildman–Crippen MR) is 126 cm³/mol. The highest BCUT2D eigenvalue weighted by Gasteiger charge is 2.36. The average Bonchev–Trinajstić information content (AvgIpc) is 3.40. The Bertz CT molecular complexity index is 1380. The Morgan fingerprint density at radius 2 is 1.73 bits per heavy atom. The topological polar surface area (TPSA) is 102 Å². The lowest BCUT2D eigenvalue weighted by Gasteiger charge is -2.27. The maximum atomic E-state index is 13.4. The second-order valence-corrected chi connectivity index (χ2v) is 13.1. The fourth-order valence-electron chi connectivity index (χ4n) is 3.73. The van der Waals surface area contributed by atoms with E-state index < -0.39 is 31.6 Å². The number of benzene rings is 2. The highest BCUT2D eigenvalue weighted by atomic mass is 79.9. The van der Waals surface area contributed by atoms with Crippen LogP contribution in [-0.4, -0.2) is 45.2 Å². The summed E-state index contributed by atoms with van der Waals surface area (Å²) in [7, 11) is -7.19. The monoisotopic (exact) mass is 551 g/mol. The summed E-state index contributed by atoms with van der Waals surface area (Å²) in [5.41, 5.74) is 1.90. The van der Waals surface area contributed by atoms with E-state index in [1.165, 1.54) is 29.2 Å². The molecule has 0 aliphatic carbocycles. The van der Waals surface area contributed by atoms with E-state index in [1.54, 1.807) is 12.1 Å². The number of rotatable bonds is 6. The number of carbonyl (C=O) groups excluding carboxylic acids is 1. The third-order valence-electron chi connectivity index (χ3n) is 5.56. The maximum Gasteiger partial charge on any atom is 0.290 e. The number of hydrogen-bond donors (Lipinski definition) is 0. The normalized spacial score (nSPS) is 17.7. The molecule has 0 unspecified atom stereocenters. The van der Waals surface area contributed by atoms with E-state index in [-0.39, 0.29) is 33.8 Å². The highest BCUT2D eigenvalue weighted by Crippen LogP contribution is 2.27. The van der Waals surface area contributed by atoms with Gasteiger partial charge in [0.1, 0.15) is 0 Å². The molecule has 2 heterocycles. The minimum atomic E-state index is -3.95. The number of halogens is 1. The van der Waals surface area contributed by atoms with Gasteiger partial charge in [0.25, 0.3) is 5.91 Å². The van der Waals surface area contributed by atoms with Gasteiger partial charge in [-0.05, 0) is 55.3 Å². The van der Waals surface area contributed by atoms with E-state index in [9.17, 15) is 21.6 Å². The number of hydrogen-bond acceptors (Lipinski definition) is 6. The molecule has 10 heteroatoms. The van der Waals surface area contributed by atoms with E-state index in [2.05, 4.69) is 15.9 Å². The van der Waals surface area contributed by atoms with Gasteiger partial charge in [-0.25, -0.2) is 16.8 Å². The molecule has 4 rings (SSSR count). The Balaban J connectivity index is 1.64. The first-order valence-corrected chi connectivity index (χ1v) is 14.3. The van der Waals surface area contributed by atoms with Gasteiger partial charge in [0.2, 0.25) is 14.9 Å². The molecule has 1 aliphatic rings. The number of carbonyl (C=O) groups is 1. The van der Waals surface area contributed by atoms with Gasteiger partial charge >= 0.3 is 0 Å². The lowest BCUT2D eigenvalue weighted by molar-refractivity contribution is 0.0642. The third-order valence-corrected chi connectivity index (χ3v) is 9.49. The van der Waals surface area contributed by atoms with Gasteiger partial charge in [-0.15, -0.1) is 0 Å². The average molecular weight is 552 g/mol. The van der Waals surface area contributed by atoms with Gasteiger partial charge < -0.3 is 9.32 Å². The van der Waals surface area contributed by atoms with Crippen LogP contribution >= 0.6 is 15.9 Å². The van der Waals surface area contributed by atoms with Crippen LogP contribution in [0, 0.1) is 6.92 Å². The highest BCUT2D eigenvalue weighted by molar-refractivity contribution is 9.10. The van der Waals surface area contributed by atoms with Crippen molar-refractivity contribution in [3.05, 3.63) is 82.0 Å². The van der Waals surface area contributed by atoms with Gasteiger partial charge in [-0.3, -0.25) is 4.79 Å². The zero-order valence-electron chi connectivity index (χ0n) is 17.8. The van der Waals surface area contributed by atoms with Crippen LogP contribution in [0.4, 0.5) is 0 Å². The van der Waals surface area contributed by atoms with Gasteiger partial charge in [0.05, 0.1) is 16.4 Å². The van der Waals surface area contributed by atoms with Crippen molar-refractivity contribution in [1.29, 1.82) is 0 Å². The summed E-state index contributed by atoms with van der Waals surface area (Å²) in [6.45, 7) is 2.14. The quantitative estimate of drug-likeness (QED) is 0.458. The van der Waals surface area contributed by atoms with Gasteiger partial charge in [0.15, 0.2) is 15.6 Å². The second-order valence-electron chi connectivity index (χ2n) is 8.05. The first-order chi connectivity index (χ1) is 15.5. The fourth-order valence-corrected chi connectivity index (χ4v) is 6.90. The number of amides is 1. The van der Waals surface area contributed by atoms with Gasteiger partial charge in [-0.2, -0.15) is 0 Å². The van der Waals surface area contributed by atoms with E-state index >= 15 is 0 Å². The van der Waals surface area contributed by atoms with Crippen molar-refractivity contribution in [3.8, 4) is 0 Å². The maximum absolute atomic E-state index is 13.4. The summed E-state index contributed by atoms with van der Waals surface area (Å²) in [6, 6.07) is 15.7. The largest absolute Gasteiger partial charge is 0.439 e. The molecule has 1 aliphatic heterocycles. The molecule has 174 valence electrons. The smallest absolute Gasteiger partial charge is 0.290 e. The Labute approximate surface area is 201 Å². The van der Waals surface area contributed by atoms with E-state index in [0.717, 1.165) is 15.6 Å². The summed E-state index contributed by atoms with van der Waals surface area (Å²) in [6.07, 6.45) is 0.324. The van der Waals surface area contributed by atoms with Crippen LogP contribution in [0.25, 0.3) is 0 Å².